The Morgan fingerprint density at radius 2 is 1.90 bits per heavy atom. The Morgan fingerprint density at radius 1 is 1.14 bits per heavy atom. The first-order valence-electron chi connectivity index (χ1n) is 16.5. The number of pyridine rings is 1. The maximum atomic E-state index is 14.1. The summed E-state index contributed by atoms with van der Waals surface area (Å²) in [7, 11) is 0. The molecule has 50 heavy (non-hydrogen) atoms. The number of hydrogen-bond acceptors (Lipinski definition) is 12. The molecule has 6 rings (SSSR count). The van der Waals surface area contributed by atoms with Crippen LogP contribution in [0.3, 0.4) is 0 Å². The first-order chi connectivity index (χ1) is 24.0. The lowest BCUT2D eigenvalue weighted by molar-refractivity contribution is -0.176. The van der Waals surface area contributed by atoms with E-state index in [1.165, 1.54) is 30.5 Å². The molecule has 2 aliphatic rings. The van der Waals surface area contributed by atoms with Crippen LogP contribution in [0, 0.1) is 17.1 Å². The van der Waals surface area contributed by atoms with E-state index < -0.39 is 11.5 Å². The number of benzene rings is 3. The second-order valence-corrected chi connectivity index (χ2v) is 13.8. The first kappa shape index (κ1) is 35.3. The van der Waals surface area contributed by atoms with E-state index >= 15 is 0 Å². The van der Waals surface area contributed by atoms with Crippen LogP contribution in [0.2, 0.25) is 5.02 Å². The first-order valence-corrected chi connectivity index (χ1v) is 16.9. The van der Waals surface area contributed by atoms with Gasteiger partial charge in [0.2, 0.25) is 5.72 Å². The maximum Gasteiger partial charge on any atom is 0.206 e. The molecule has 3 heterocycles. The van der Waals surface area contributed by atoms with E-state index in [4.69, 9.17) is 16.4 Å². The smallest absolute Gasteiger partial charge is 0.206 e. The molecule has 0 radical (unpaired) electrons. The molecule has 0 spiro atoms. The zero-order chi connectivity index (χ0) is 35.5. The molecule has 3 atom stereocenters. The SMILES string of the molecule is CC[C@@H](Nc1c(C#N)cnc2c(Cl)cc(N[C@@](O)(C3=CN(CCC4CN(C(C)(C)C)NNO4)NN3)c3ccc(F)cc3)cc12)c1ccccc1. The zero-order valence-corrected chi connectivity index (χ0v) is 29.1. The number of nitrogens with one attached hydrogen (secondary N) is 6. The maximum absolute atomic E-state index is 14.1. The Hall–Kier alpha value is -4.52. The summed E-state index contributed by atoms with van der Waals surface area (Å²) in [5.41, 5.74) is 13.7. The molecule has 4 aromatic rings. The normalized spacial score (nSPS) is 18.6. The van der Waals surface area contributed by atoms with Gasteiger partial charge in [-0.3, -0.25) is 14.8 Å². The second kappa shape index (κ2) is 14.8. The number of anilines is 2. The Balaban J connectivity index is 1.32. The molecule has 3 aromatic carbocycles. The summed E-state index contributed by atoms with van der Waals surface area (Å²) in [6.45, 7) is 9.61. The lowest BCUT2D eigenvalue weighted by atomic mass is 9.98. The van der Waals surface area contributed by atoms with Crippen molar-refractivity contribution in [3.63, 3.8) is 0 Å². The van der Waals surface area contributed by atoms with Gasteiger partial charge in [-0.25, -0.2) is 9.40 Å². The fraction of sp³-hybridized carbons (Fsp3) is 0.333. The Bertz CT molecular complexity index is 1880. The number of fused-ring (bicyclic) bond motifs is 1. The zero-order valence-electron chi connectivity index (χ0n) is 28.4. The summed E-state index contributed by atoms with van der Waals surface area (Å²) in [5.74, 6) is -0.437. The number of halogens is 2. The lowest BCUT2D eigenvalue weighted by Gasteiger charge is -2.41. The number of nitrogens with zero attached hydrogens (tertiary/aromatic N) is 4. The van der Waals surface area contributed by atoms with Gasteiger partial charge in [-0.05, 0) is 63.4 Å². The predicted octanol–water partition coefficient (Wildman–Crippen LogP) is 5.70. The highest BCUT2D eigenvalue weighted by Crippen LogP contribution is 2.38. The minimum atomic E-state index is -1.87. The van der Waals surface area contributed by atoms with Crippen LogP contribution in [-0.2, 0) is 10.6 Å². The van der Waals surface area contributed by atoms with Crippen molar-refractivity contribution >= 4 is 33.9 Å². The van der Waals surface area contributed by atoms with Crippen molar-refractivity contribution in [1.29, 1.82) is 5.26 Å². The minimum absolute atomic E-state index is 0.0899. The standard InChI is InChI=1S/C36H42ClFN10O2/c1-5-31(23-9-7-6-8-10-23)41-33-24(19-39)20-40-34-29(33)17-27(18-30(34)37)42-36(49,25-11-13-26(38)14-12-25)32-22-47(44-43-32)16-15-28-21-48(35(2,3)4)45-46-50-28/h6-14,17-18,20,22,28,31,42-46,49H,5,15-16,21H2,1-4H3,(H,40,41)/t28?,31-,36+/m1/s1. The van der Waals surface area contributed by atoms with Crippen LogP contribution in [0.4, 0.5) is 15.8 Å². The molecule has 12 nitrogen and oxygen atoms in total. The van der Waals surface area contributed by atoms with Crippen LogP contribution < -0.4 is 32.7 Å². The number of rotatable bonds is 11. The van der Waals surface area contributed by atoms with E-state index in [1.807, 2.05) is 35.3 Å². The molecular formula is C36H42ClFN10O2. The average Bonchev–Trinajstić information content (AvgIpc) is 3.60. The number of aliphatic hydroxyl groups is 1. The van der Waals surface area contributed by atoms with Gasteiger partial charge in [-0.2, -0.15) is 10.8 Å². The van der Waals surface area contributed by atoms with Crippen molar-refractivity contribution in [2.75, 3.05) is 23.7 Å². The molecule has 7 N–H and O–H groups in total. The van der Waals surface area contributed by atoms with E-state index in [2.05, 4.69) is 76.5 Å². The monoisotopic (exact) mass is 700 g/mol. The molecule has 0 amide bonds. The molecule has 0 aliphatic carbocycles. The average molecular weight is 701 g/mol. The van der Waals surface area contributed by atoms with Gasteiger partial charge in [0.15, 0.2) is 0 Å². The molecular weight excluding hydrogens is 659 g/mol. The number of aromatic nitrogens is 1. The molecule has 2 aliphatic heterocycles. The highest BCUT2D eigenvalue weighted by atomic mass is 35.5. The molecule has 0 bridgehead atoms. The van der Waals surface area contributed by atoms with E-state index in [-0.39, 0.29) is 17.7 Å². The summed E-state index contributed by atoms with van der Waals surface area (Å²) in [6.07, 6.45) is 4.58. The van der Waals surface area contributed by atoms with Gasteiger partial charge >= 0.3 is 0 Å². The van der Waals surface area contributed by atoms with Crippen LogP contribution in [0.1, 0.15) is 63.3 Å². The summed E-state index contributed by atoms with van der Waals surface area (Å²) in [4.78, 5) is 10.2. The van der Waals surface area contributed by atoms with Gasteiger partial charge < -0.3 is 21.2 Å². The quantitative estimate of drug-likeness (QED) is 0.0965. The summed E-state index contributed by atoms with van der Waals surface area (Å²) in [5, 5.41) is 34.1. The van der Waals surface area contributed by atoms with Crippen molar-refractivity contribution in [3.05, 3.63) is 112 Å². The van der Waals surface area contributed by atoms with Crippen molar-refractivity contribution in [2.24, 2.45) is 0 Å². The second-order valence-electron chi connectivity index (χ2n) is 13.4. The minimum Gasteiger partial charge on any atom is -0.377 e. The Labute approximate surface area is 296 Å². The number of hydrogen-bond donors (Lipinski definition) is 7. The van der Waals surface area contributed by atoms with Crippen molar-refractivity contribution in [1.82, 2.24) is 37.1 Å². The highest BCUT2D eigenvalue weighted by molar-refractivity contribution is 6.35. The Kier molecular flexibility index (Phi) is 10.4. The van der Waals surface area contributed by atoms with Gasteiger partial charge in [0.05, 0.1) is 33.9 Å². The Morgan fingerprint density at radius 3 is 2.60 bits per heavy atom. The fourth-order valence-electron chi connectivity index (χ4n) is 6.03. The highest BCUT2D eigenvalue weighted by Gasteiger charge is 2.38. The van der Waals surface area contributed by atoms with Crippen LogP contribution in [-0.4, -0.2) is 44.8 Å². The number of hydrazine groups is 4. The van der Waals surface area contributed by atoms with E-state index in [0.717, 1.165) is 12.0 Å². The molecule has 1 fully saturated rings. The van der Waals surface area contributed by atoms with E-state index in [9.17, 15) is 14.8 Å². The summed E-state index contributed by atoms with van der Waals surface area (Å²) >= 11 is 6.83. The van der Waals surface area contributed by atoms with E-state index in [1.54, 1.807) is 18.3 Å². The summed E-state index contributed by atoms with van der Waals surface area (Å²) in [6, 6.07) is 21.2. The molecule has 1 saturated heterocycles. The molecule has 262 valence electrons. The lowest BCUT2D eigenvalue weighted by Crippen LogP contribution is -2.63. The topological polar surface area (TPSA) is 145 Å². The van der Waals surface area contributed by atoms with Crippen LogP contribution in [0.5, 0.6) is 0 Å². The molecule has 0 saturated carbocycles. The van der Waals surface area contributed by atoms with Gasteiger partial charge in [-0.1, -0.05) is 61.0 Å². The van der Waals surface area contributed by atoms with Gasteiger partial charge in [-0.15, -0.1) is 11.1 Å². The molecule has 14 heteroatoms. The van der Waals surface area contributed by atoms with E-state index in [0.29, 0.717) is 63.6 Å². The third kappa shape index (κ3) is 7.62. The third-order valence-electron chi connectivity index (χ3n) is 8.86. The van der Waals surface area contributed by atoms with Gasteiger partial charge in [0.25, 0.3) is 0 Å². The van der Waals surface area contributed by atoms with Crippen LogP contribution in [0.25, 0.3) is 10.9 Å². The molecule has 1 aromatic heterocycles. The van der Waals surface area contributed by atoms with Crippen molar-refractivity contribution < 1.29 is 14.3 Å². The van der Waals surface area contributed by atoms with Crippen LogP contribution >= 0.6 is 11.6 Å². The van der Waals surface area contributed by atoms with Gasteiger partial charge in [0, 0.05) is 47.7 Å². The third-order valence-corrected chi connectivity index (χ3v) is 9.15. The van der Waals surface area contributed by atoms with Crippen molar-refractivity contribution in [2.45, 2.75) is 63.9 Å². The largest absolute Gasteiger partial charge is 0.377 e. The number of nitriles is 1. The fourth-order valence-corrected chi connectivity index (χ4v) is 6.30. The van der Waals surface area contributed by atoms with Crippen LogP contribution in [0.15, 0.2) is 84.8 Å². The van der Waals surface area contributed by atoms with Crippen molar-refractivity contribution in [3.8, 4) is 6.07 Å². The predicted molar refractivity (Wildman–Crippen MR) is 192 cm³/mol. The van der Waals surface area contributed by atoms with Gasteiger partial charge in [0.1, 0.15) is 17.6 Å². The summed E-state index contributed by atoms with van der Waals surface area (Å²) < 4.78 is 14.1. The molecule has 1 unspecified atom stereocenters.